The Morgan fingerprint density at radius 3 is 2.74 bits per heavy atom. The smallest absolute Gasteiger partial charge is 0.274 e. The first kappa shape index (κ1) is 15.7. The first-order chi connectivity index (χ1) is 11.0. The highest BCUT2D eigenvalue weighted by Gasteiger charge is 2.18. The number of hydrogen-bond donors (Lipinski definition) is 1. The standard InChI is InChI=1S/C18H18BrN3O/c1-4-15-17(22-10-11(2)5-8-16(22)21-15)18(23)20-13-7-6-12(3)14(19)9-13/h5-10H,4H2,1-3H3,(H,20,23). The summed E-state index contributed by atoms with van der Waals surface area (Å²) in [6.45, 7) is 6.02. The molecule has 23 heavy (non-hydrogen) atoms. The van der Waals surface area contributed by atoms with Gasteiger partial charge >= 0.3 is 0 Å². The van der Waals surface area contributed by atoms with Crippen molar-refractivity contribution in [1.29, 1.82) is 0 Å². The summed E-state index contributed by atoms with van der Waals surface area (Å²) < 4.78 is 2.84. The molecule has 0 aliphatic carbocycles. The fourth-order valence-electron chi connectivity index (χ4n) is 2.55. The molecule has 1 N–H and O–H groups in total. The molecule has 0 aliphatic heterocycles. The Labute approximate surface area is 143 Å². The van der Waals surface area contributed by atoms with Gasteiger partial charge in [0, 0.05) is 16.4 Å². The number of rotatable bonds is 3. The van der Waals surface area contributed by atoms with E-state index in [-0.39, 0.29) is 5.91 Å². The van der Waals surface area contributed by atoms with Crippen molar-refractivity contribution in [2.45, 2.75) is 27.2 Å². The molecule has 0 saturated carbocycles. The molecule has 0 bridgehead atoms. The normalized spacial score (nSPS) is 11.0. The Bertz CT molecular complexity index is 899. The van der Waals surface area contributed by atoms with Crippen LogP contribution in [0.25, 0.3) is 5.65 Å². The number of aromatic nitrogens is 2. The first-order valence-electron chi connectivity index (χ1n) is 7.54. The van der Waals surface area contributed by atoms with Gasteiger partial charge in [0.2, 0.25) is 0 Å². The van der Waals surface area contributed by atoms with Crippen molar-refractivity contribution < 1.29 is 4.79 Å². The average molecular weight is 372 g/mol. The number of carbonyl (C=O) groups is 1. The molecule has 1 amide bonds. The lowest BCUT2D eigenvalue weighted by Gasteiger charge is -2.08. The second-order valence-electron chi connectivity index (χ2n) is 5.61. The number of amides is 1. The van der Waals surface area contributed by atoms with Crippen LogP contribution in [-0.4, -0.2) is 15.3 Å². The third-order valence-corrected chi connectivity index (χ3v) is 4.67. The molecule has 118 valence electrons. The SMILES string of the molecule is CCc1nc2ccc(C)cn2c1C(=O)Nc1ccc(C)c(Br)c1. The molecule has 0 aliphatic rings. The predicted molar refractivity (Wildman–Crippen MR) is 96.1 cm³/mol. The van der Waals surface area contributed by atoms with Crippen LogP contribution >= 0.6 is 15.9 Å². The van der Waals surface area contributed by atoms with Crippen molar-refractivity contribution in [3.05, 3.63) is 63.5 Å². The highest BCUT2D eigenvalue weighted by atomic mass is 79.9. The van der Waals surface area contributed by atoms with Gasteiger partial charge in [-0.2, -0.15) is 0 Å². The van der Waals surface area contributed by atoms with Gasteiger partial charge in [-0.05, 0) is 49.6 Å². The maximum absolute atomic E-state index is 12.8. The monoisotopic (exact) mass is 371 g/mol. The van der Waals surface area contributed by atoms with Gasteiger partial charge < -0.3 is 5.32 Å². The quantitative estimate of drug-likeness (QED) is 0.734. The van der Waals surface area contributed by atoms with E-state index in [4.69, 9.17) is 0 Å². The van der Waals surface area contributed by atoms with E-state index < -0.39 is 0 Å². The molecular weight excluding hydrogens is 354 g/mol. The number of nitrogens with zero attached hydrogens (tertiary/aromatic N) is 2. The summed E-state index contributed by atoms with van der Waals surface area (Å²) in [6, 6.07) is 9.72. The van der Waals surface area contributed by atoms with Crippen molar-refractivity contribution in [3.63, 3.8) is 0 Å². The van der Waals surface area contributed by atoms with Gasteiger partial charge in [-0.3, -0.25) is 9.20 Å². The predicted octanol–water partition coefficient (Wildman–Crippen LogP) is 4.53. The number of carbonyl (C=O) groups excluding carboxylic acids is 1. The van der Waals surface area contributed by atoms with E-state index in [1.165, 1.54) is 0 Å². The van der Waals surface area contributed by atoms with Gasteiger partial charge in [0.05, 0.1) is 5.69 Å². The molecule has 0 atom stereocenters. The molecule has 0 unspecified atom stereocenters. The van der Waals surface area contributed by atoms with Crippen molar-refractivity contribution >= 4 is 33.2 Å². The van der Waals surface area contributed by atoms with Gasteiger partial charge in [0.1, 0.15) is 11.3 Å². The van der Waals surface area contributed by atoms with E-state index in [9.17, 15) is 4.79 Å². The number of imidazole rings is 1. The molecule has 0 spiro atoms. The molecule has 3 rings (SSSR count). The van der Waals surface area contributed by atoms with E-state index in [1.54, 1.807) is 0 Å². The zero-order valence-electron chi connectivity index (χ0n) is 13.4. The topological polar surface area (TPSA) is 46.4 Å². The Kier molecular flexibility index (Phi) is 4.22. The summed E-state index contributed by atoms with van der Waals surface area (Å²) in [7, 11) is 0. The number of aryl methyl sites for hydroxylation is 3. The summed E-state index contributed by atoms with van der Waals surface area (Å²) in [5.41, 5.74) is 5.18. The molecule has 4 nitrogen and oxygen atoms in total. The van der Waals surface area contributed by atoms with E-state index in [2.05, 4.69) is 26.2 Å². The highest BCUT2D eigenvalue weighted by Crippen LogP contribution is 2.22. The average Bonchev–Trinajstić information content (AvgIpc) is 2.88. The van der Waals surface area contributed by atoms with Crippen LogP contribution in [0.1, 0.15) is 34.2 Å². The number of halogens is 1. The number of hydrogen-bond acceptors (Lipinski definition) is 2. The number of benzene rings is 1. The van der Waals surface area contributed by atoms with Crippen LogP contribution in [-0.2, 0) is 6.42 Å². The Hall–Kier alpha value is -2.14. The minimum Gasteiger partial charge on any atom is -0.321 e. The molecule has 1 aromatic carbocycles. The number of fused-ring (bicyclic) bond motifs is 1. The zero-order chi connectivity index (χ0) is 16.6. The fourth-order valence-corrected chi connectivity index (χ4v) is 2.93. The minimum atomic E-state index is -0.143. The minimum absolute atomic E-state index is 0.143. The second-order valence-corrected chi connectivity index (χ2v) is 6.47. The van der Waals surface area contributed by atoms with Crippen LogP contribution in [0.2, 0.25) is 0 Å². The maximum Gasteiger partial charge on any atom is 0.274 e. The molecule has 2 aromatic heterocycles. The molecule has 5 heteroatoms. The lowest BCUT2D eigenvalue weighted by molar-refractivity contribution is 0.102. The van der Waals surface area contributed by atoms with Gasteiger partial charge in [-0.15, -0.1) is 0 Å². The van der Waals surface area contributed by atoms with Crippen LogP contribution in [0.15, 0.2) is 41.0 Å². The molecule has 0 saturated heterocycles. The van der Waals surface area contributed by atoms with Crippen LogP contribution < -0.4 is 5.32 Å². The Balaban J connectivity index is 2.02. The van der Waals surface area contributed by atoms with E-state index in [0.717, 1.165) is 32.6 Å². The van der Waals surface area contributed by atoms with Crippen LogP contribution in [0, 0.1) is 13.8 Å². The lowest BCUT2D eigenvalue weighted by Crippen LogP contribution is -2.16. The first-order valence-corrected chi connectivity index (χ1v) is 8.34. The largest absolute Gasteiger partial charge is 0.321 e. The molecule has 0 fully saturated rings. The van der Waals surface area contributed by atoms with E-state index in [0.29, 0.717) is 12.1 Å². The van der Waals surface area contributed by atoms with Gasteiger partial charge in [0.15, 0.2) is 0 Å². The molecule has 0 radical (unpaired) electrons. The van der Waals surface area contributed by atoms with E-state index in [1.807, 2.05) is 61.7 Å². The summed E-state index contributed by atoms with van der Waals surface area (Å²) in [6.07, 6.45) is 2.66. The third-order valence-electron chi connectivity index (χ3n) is 3.82. The van der Waals surface area contributed by atoms with Crippen LogP contribution in [0.4, 0.5) is 5.69 Å². The molecule has 2 heterocycles. The van der Waals surface area contributed by atoms with Gasteiger partial charge in [-0.1, -0.05) is 35.0 Å². The Morgan fingerprint density at radius 1 is 1.26 bits per heavy atom. The van der Waals surface area contributed by atoms with E-state index >= 15 is 0 Å². The van der Waals surface area contributed by atoms with Crippen molar-refractivity contribution in [3.8, 4) is 0 Å². The van der Waals surface area contributed by atoms with Crippen molar-refractivity contribution in [2.24, 2.45) is 0 Å². The molecule has 3 aromatic rings. The van der Waals surface area contributed by atoms with Crippen LogP contribution in [0.3, 0.4) is 0 Å². The summed E-state index contributed by atoms with van der Waals surface area (Å²) >= 11 is 3.49. The van der Waals surface area contributed by atoms with Crippen molar-refractivity contribution in [1.82, 2.24) is 9.38 Å². The number of pyridine rings is 1. The summed E-state index contributed by atoms with van der Waals surface area (Å²) in [5.74, 6) is -0.143. The second kappa shape index (κ2) is 6.16. The molecular formula is C18H18BrN3O. The summed E-state index contributed by atoms with van der Waals surface area (Å²) in [4.78, 5) is 17.3. The van der Waals surface area contributed by atoms with Crippen LogP contribution in [0.5, 0.6) is 0 Å². The fraction of sp³-hybridized carbons (Fsp3) is 0.222. The maximum atomic E-state index is 12.8. The lowest BCUT2D eigenvalue weighted by atomic mass is 10.2. The summed E-state index contributed by atoms with van der Waals surface area (Å²) in [5, 5.41) is 2.97. The number of nitrogens with one attached hydrogen (secondary N) is 1. The Morgan fingerprint density at radius 2 is 2.04 bits per heavy atom. The highest BCUT2D eigenvalue weighted by molar-refractivity contribution is 9.10. The van der Waals surface area contributed by atoms with Crippen molar-refractivity contribution in [2.75, 3.05) is 5.32 Å². The van der Waals surface area contributed by atoms with Gasteiger partial charge in [0.25, 0.3) is 5.91 Å². The number of anilines is 1. The van der Waals surface area contributed by atoms with Gasteiger partial charge in [-0.25, -0.2) is 4.98 Å². The zero-order valence-corrected chi connectivity index (χ0v) is 14.9. The third kappa shape index (κ3) is 3.01.